The molecule has 0 aromatic heterocycles. The Balaban J connectivity index is 4.12. The van der Waals surface area contributed by atoms with E-state index in [4.69, 9.17) is 28.8 Å². The molecule has 1 N–H and O–H groups in total. The Morgan fingerprint density at radius 3 is 1.22 bits per heavy atom. The van der Waals surface area contributed by atoms with E-state index in [2.05, 4.69) is 25.7 Å². The van der Waals surface area contributed by atoms with Gasteiger partial charge in [0.15, 0.2) is 0 Å². The standard InChI is InChI=1S/C46H91NO8/c1-4-7-10-13-16-17-18-22-29-38-52-45(49)53-40-31-24-28-35-47(36-41-51-42-37-48)34-27-21-23-30-39-54-46(50)55-43-44(32-25-19-14-11-8-5-2)33-26-20-15-12-9-6-3/h44,48H,4-43H2,1-3H3. The minimum atomic E-state index is -0.546. The van der Waals surface area contributed by atoms with Crippen LogP contribution in [-0.2, 0) is 23.7 Å². The molecule has 0 aliphatic rings. The summed E-state index contributed by atoms with van der Waals surface area (Å²) in [5.74, 6) is 0.443. The molecule has 328 valence electrons. The van der Waals surface area contributed by atoms with Crippen molar-refractivity contribution in [1.82, 2.24) is 4.90 Å². The Bertz CT molecular complexity index is 769. The summed E-state index contributed by atoms with van der Waals surface area (Å²) >= 11 is 0. The Labute approximate surface area is 340 Å². The van der Waals surface area contributed by atoms with E-state index >= 15 is 0 Å². The van der Waals surface area contributed by atoms with Gasteiger partial charge in [-0.05, 0) is 70.4 Å². The number of carbonyl (C=O) groups excluding carboxylic acids is 2. The average Bonchev–Trinajstić information content (AvgIpc) is 3.19. The van der Waals surface area contributed by atoms with Crippen LogP contribution in [0.2, 0.25) is 0 Å². The molecule has 0 spiro atoms. The third kappa shape index (κ3) is 41.9. The van der Waals surface area contributed by atoms with Crippen LogP contribution in [0, 0.1) is 5.92 Å². The zero-order valence-corrected chi connectivity index (χ0v) is 36.6. The molecule has 0 aromatic carbocycles. The van der Waals surface area contributed by atoms with E-state index in [1.165, 1.54) is 122 Å². The molecule has 0 amide bonds. The van der Waals surface area contributed by atoms with Crippen LogP contribution in [0.25, 0.3) is 0 Å². The number of unbranched alkanes of at least 4 members (excludes halogenated alkanes) is 23. The number of aliphatic hydroxyl groups is 1. The third-order valence-electron chi connectivity index (χ3n) is 10.6. The minimum absolute atomic E-state index is 0.0379. The van der Waals surface area contributed by atoms with E-state index in [1.54, 1.807) is 0 Å². The van der Waals surface area contributed by atoms with Crippen LogP contribution in [0.4, 0.5) is 9.59 Å². The molecule has 55 heavy (non-hydrogen) atoms. The molecule has 9 nitrogen and oxygen atoms in total. The van der Waals surface area contributed by atoms with Gasteiger partial charge in [0, 0.05) is 6.54 Å². The molecule has 0 rings (SSSR count). The lowest BCUT2D eigenvalue weighted by Crippen LogP contribution is -2.30. The lowest BCUT2D eigenvalue weighted by Gasteiger charge is -2.22. The van der Waals surface area contributed by atoms with Crippen molar-refractivity contribution in [3.63, 3.8) is 0 Å². The minimum Gasteiger partial charge on any atom is -0.434 e. The first kappa shape index (κ1) is 53.4. The second-order valence-corrected chi connectivity index (χ2v) is 15.8. The van der Waals surface area contributed by atoms with Crippen molar-refractivity contribution in [3.05, 3.63) is 0 Å². The van der Waals surface area contributed by atoms with Crippen molar-refractivity contribution in [2.75, 3.05) is 65.9 Å². The maximum absolute atomic E-state index is 12.4. The number of ether oxygens (including phenoxy) is 5. The monoisotopic (exact) mass is 786 g/mol. The molecular formula is C46H91NO8. The molecule has 0 aliphatic carbocycles. The van der Waals surface area contributed by atoms with Crippen LogP contribution < -0.4 is 0 Å². The van der Waals surface area contributed by atoms with Crippen LogP contribution in [0.15, 0.2) is 0 Å². The van der Waals surface area contributed by atoms with E-state index in [9.17, 15) is 9.59 Å². The normalized spacial score (nSPS) is 11.5. The zero-order chi connectivity index (χ0) is 40.1. The smallest absolute Gasteiger partial charge is 0.434 e. The molecule has 0 atom stereocenters. The van der Waals surface area contributed by atoms with Gasteiger partial charge in [0.05, 0.1) is 46.2 Å². The number of rotatable bonds is 44. The summed E-state index contributed by atoms with van der Waals surface area (Å²) in [4.78, 5) is 26.7. The summed E-state index contributed by atoms with van der Waals surface area (Å²) in [5, 5.41) is 9.05. The van der Waals surface area contributed by atoms with Gasteiger partial charge >= 0.3 is 12.3 Å². The highest BCUT2D eigenvalue weighted by atomic mass is 16.7. The summed E-state index contributed by atoms with van der Waals surface area (Å²) in [5.41, 5.74) is 0. The molecule has 0 unspecified atom stereocenters. The molecule has 0 saturated carbocycles. The fraction of sp³-hybridized carbons (Fsp3) is 0.957. The summed E-state index contributed by atoms with van der Waals surface area (Å²) in [7, 11) is 0. The van der Waals surface area contributed by atoms with Gasteiger partial charge in [0.25, 0.3) is 0 Å². The van der Waals surface area contributed by atoms with Crippen LogP contribution in [0.5, 0.6) is 0 Å². The van der Waals surface area contributed by atoms with Gasteiger partial charge in [-0.25, -0.2) is 9.59 Å². The lowest BCUT2D eigenvalue weighted by atomic mass is 9.95. The van der Waals surface area contributed by atoms with Crippen molar-refractivity contribution in [3.8, 4) is 0 Å². The van der Waals surface area contributed by atoms with E-state index in [0.29, 0.717) is 45.6 Å². The van der Waals surface area contributed by atoms with Gasteiger partial charge in [0.1, 0.15) is 0 Å². The maximum Gasteiger partial charge on any atom is 0.508 e. The van der Waals surface area contributed by atoms with Crippen molar-refractivity contribution in [2.24, 2.45) is 5.92 Å². The topological polar surface area (TPSA) is 104 Å². The molecule has 0 radical (unpaired) electrons. The Morgan fingerprint density at radius 2 is 0.782 bits per heavy atom. The molecule has 0 aromatic rings. The number of hydrogen-bond donors (Lipinski definition) is 1. The van der Waals surface area contributed by atoms with Crippen LogP contribution in [0.3, 0.4) is 0 Å². The third-order valence-corrected chi connectivity index (χ3v) is 10.6. The largest absolute Gasteiger partial charge is 0.508 e. The molecule has 0 saturated heterocycles. The number of carbonyl (C=O) groups is 2. The summed E-state index contributed by atoms with van der Waals surface area (Å²) < 4.78 is 27.1. The quantitative estimate of drug-likeness (QED) is 0.0477. The number of nitrogens with zero attached hydrogens (tertiary/aromatic N) is 1. The van der Waals surface area contributed by atoms with Gasteiger partial charge < -0.3 is 33.7 Å². The Hall–Kier alpha value is -1.58. The Kier molecular flexibility index (Phi) is 43.8. The first-order chi connectivity index (χ1) is 27.1. The summed E-state index contributed by atoms with van der Waals surface area (Å²) in [6.07, 6.45) is 34.7. The second-order valence-electron chi connectivity index (χ2n) is 15.8. The van der Waals surface area contributed by atoms with Gasteiger partial charge in [-0.2, -0.15) is 0 Å². The highest BCUT2D eigenvalue weighted by Crippen LogP contribution is 2.20. The molecule has 0 fully saturated rings. The second kappa shape index (κ2) is 45.1. The highest BCUT2D eigenvalue weighted by molar-refractivity contribution is 5.60. The number of hydrogen-bond acceptors (Lipinski definition) is 9. The van der Waals surface area contributed by atoms with Crippen molar-refractivity contribution >= 4 is 12.3 Å². The molecule has 0 bridgehead atoms. The summed E-state index contributed by atoms with van der Waals surface area (Å²) in [6, 6.07) is 0. The number of aliphatic hydroxyl groups excluding tert-OH is 1. The van der Waals surface area contributed by atoms with E-state index in [1.807, 2.05) is 0 Å². The average molecular weight is 786 g/mol. The first-order valence-electron chi connectivity index (χ1n) is 23.6. The predicted octanol–water partition coefficient (Wildman–Crippen LogP) is 13.0. The van der Waals surface area contributed by atoms with Crippen LogP contribution in [0.1, 0.15) is 213 Å². The predicted molar refractivity (Wildman–Crippen MR) is 228 cm³/mol. The zero-order valence-electron chi connectivity index (χ0n) is 36.6. The summed E-state index contributed by atoms with van der Waals surface area (Å²) in [6.45, 7) is 12.3. The maximum atomic E-state index is 12.4. The molecular weight excluding hydrogens is 695 g/mol. The van der Waals surface area contributed by atoms with E-state index in [-0.39, 0.29) is 6.61 Å². The van der Waals surface area contributed by atoms with Crippen molar-refractivity contribution in [1.29, 1.82) is 0 Å². The fourth-order valence-electron chi connectivity index (χ4n) is 6.99. The van der Waals surface area contributed by atoms with Gasteiger partial charge in [-0.15, -0.1) is 0 Å². The lowest BCUT2D eigenvalue weighted by molar-refractivity contribution is 0.0404. The molecule has 0 aliphatic heterocycles. The van der Waals surface area contributed by atoms with Crippen molar-refractivity contribution in [2.45, 2.75) is 213 Å². The highest BCUT2D eigenvalue weighted by Gasteiger charge is 2.13. The SMILES string of the molecule is CCCCCCCCCCCOC(=O)OCCCCCN(CCCCCCOC(=O)OCC(CCCCCCCC)CCCCCCCC)CCOCCO. The molecule has 9 heteroatoms. The van der Waals surface area contributed by atoms with E-state index in [0.717, 1.165) is 90.3 Å². The van der Waals surface area contributed by atoms with E-state index < -0.39 is 12.3 Å². The Morgan fingerprint density at radius 1 is 0.418 bits per heavy atom. The van der Waals surface area contributed by atoms with Gasteiger partial charge in [-0.3, -0.25) is 0 Å². The van der Waals surface area contributed by atoms with Gasteiger partial charge in [-0.1, -0.05) is 162 Å². The van der Waals surface area contributed by atoms with Crippen molar-refractivity contribution < 1.29 is 38.4 Å². The van der Waals surface area contributed by atoms with Gasteiger partial charge in [0.2, 0.25) is 0 Å². The molecule has 0 heterocycles. The van der Waals surface area contributed by atoms with Crippen LogP contribution >= 0.6 is 0 Å². The fourth-order valence-corrected chi connectivity index (χ4v) is 6.99. The van der Waals surface area contributed by atoms with Crippen LogP contribution in [-0.4, -0.2) is 88.2 Å². The first-order valence-corrected chi connectivity index (χ1v) is 23.6.